The molecule has 1 amide bonds. The summed E-state index contributed by atoms with van der Waals surface area (Å²) in [5.74, 6) is 0.168. The quantitative estimate of drug-likeness (QED) is 0.892. The minimum absolute atomic E-state index is 0.0920. The average Bonchev–Trinajstić information content (AvgIpc) is 2.47. The molecule has 0 unspecified atom stereocenters. The second kappa shape index (κ2) is 5.94. The van der Waals surface area contributed by atoms with Crippen LogP contribution < -0.4 is 5.73 Å². The first-order valence-corrected chi connectivity index (χ1v) is 7.47. The number of amides is 1. The molecule has 4 heteroatoms. The smallest absolute Gasteiger partial charge is 0.225 e. The van der Waals surface area contributed by atoms with Crippen molar-refractivity contribution in [3.05, 3.63) is 35.4 Å². The van der Waals surface area contributed by atoms with Crippen LogP contribution in [0, 0.1) is 0 Å². The molecule has 2 N–H and O–H groups in total. The maximum atomic E-state index is 12.4. The zero-order valence-corrected chi connectivity index (χ0v) is 11.8. The van der Waals surface area contributed by atoms with Crippen molar-refractivity contribution in [1.82, 2.24) is 4.90 Å². The van der Waals surface area contributed by atoms with Gasteiger partial charge in [0.25, 0.3) is 0 Å². The topological polar surface area (TPSA) is 55.6 Å². The first-order chi connectivity index (χ1) is 9.74. The predicted molar refractivity (Wildman–Crippen MR) is 77.2 cm³/mol. The van der Waals surface area contributed by atoms with Gasteiger partial charge in [-0.2, -0.15) is 0 Å². The second-order valence-electron chi connectivity index (χ2n) is 5.75. The van der Waals surface area contributed by atoms with Gasteiger partial charge in [0.05, 0.1) is 19.1 Å². The van der Waals surface area contributed by atoms with Crippen molar-refractivity contribution in [2.24, 2.45) is 5.73 Å². The number of benzene rings is 1. The standard InChI is InChI=1S/C16H22N2O2/c17-13-5-3-8-18(11-13)16(19)10-15-14-6-2-1-4-12(14)7-9-20-15/h1-2,4,6,13,15H,3,5,7-11,17H2/t13-,15+/m0/s1. The maximum Gasteiger partial charge on any atom is 0.225 e. The first-order valence-electron chi connectivity index (χ1n) is 7.47. The van der Waals surface area contributed by atoms with Crippen molar-refractivity contribution in [2.75, 3.05) is 19.7 Å². The summed E-state index contributed by atoms with van der Waals surface area (Å²) in [6, 6.07) is 8.40. The summed E-state index contributed by atoms with van der Waals surface area (Å²) >= 11 is 0. The zero-order chi connectivity index (χ0) is 13.9. The van der Waals surface area contributed by atoms with E-state index >= 15 is 0 Å². The fourth-order valence-corrected chi connectivity index (χ4v) is 3.17. The van der Waals surface area contributed by atoms with E-state index < -0.39 is 0 Å². The van der Waals surface area contributed by atoms with Gasteiger partial charge in [-0.25, -0.2) is 0 Å². The average molecular weight is 274 g/mol. The molecule has 0 radical (unpaired) electrons. The lowest BCUT2D eigenvalue weighted by atomic mass is 9.95. The fourth-order valence-electron chi connectivity index (χ4n) is 3.17. The Bertz CT molecular complexity index is 489. The maximum absolute atomic E-state index is 12.4. The molecule has 2 atom stereocenters. The van der Waals surface area contributed by atoms with E-state index in [0.29, 0.717) is 19.6 Å². The van der Waals surface area contributed by atoms with Gasteiger partial charge < -0.3 is 15.4 Å². The van der Waals surface area contributed by atoms with E-state index in [1.807, 2.05) is 17.0 Å². The number of piperidine rings is 1. The highest BCUT2D eigenvalue weighted by Gasteiger charge is 2.27. The predicted octanol–water partition coefficient (Wildman–Crippen LogP) is 1.64. The summed E-state index contributed by atoms with van der Waals surface area (Å²) in [6.07, 6.45) is 3.31. The molecule has 2 aliphatic rings. The Hall–Kier alpha value is -1.39. The molecule has 1 aromatic rings. The number of nitrogens with two attached hydrogens (primary N) is 1. The molecule has 2 aliphatic heterocycles. The lowest BCUT2D eigenvalue weighted by Crippen LogP contribution is -2.46. The Labute approximate surface area is 119 Å². The van der Waals surface area contributed by atoms with E-state index in [4.69, 9.17) is 10.5 Å². The van der Waals surface area contributed by atoms with Crippen LogP contribution in [0.1, 0.15) is 36.5 Å². The van der Waals surface area contributed by atoms with Gasteiger partial charge in [-0.05, 0) is 30.4 Å². The van der Waals surface area contributed by atoms with Gasteiger partial charge in [0, 0.05) is 19.1 Å². The monoisotopic (exact) mass is 274 g/mol. The number of carbonyl (C=O) groups is 1. The van der Waals surface area contributed by atoms with E-state index in [9.17, 15) is 4.79 Å². The minimum Gasteiger partial charge on any atom is -0.373 e. The third-order valence-electron chi connectivity index (χ3n) is 4.26. The summed E-state index contributed by atoms with van der Waals surface area (Å²) in [5, 5.41) is 0. The van der Waals surface area contributed by atoms with E-state index in [1.165, 1.54) is 11.1 Å². The molecule has 3 rings (SSSR count). The fraction of sp³-hybridized carbons (Fsp3) is 0.562. The molecule has 108 valence electrons. The number of rotatable bonds is 2. The first kappa shape index (κ1) is 13.6. The Balaban J connectivity index is 1.68. The molecule has 0 aliphatic carbocycles. The lowest BCUT2D eigenvalue weighted by molar-refractivity contribution is -0.135. The zero-order valence-electron chi connectivity index (χ0n) is 11.8. The van der Waals surface area contributed by atoms with Crippen LogP contribution >= 0.6 is 0 Å². The normalized spacial score (nSPS) is 26.1. The number of hydrogen-bond donors (Lipinski definition) is 1. The number of carbonyl (C=O) groups excluding carboxylic acids is 1. The van der Waals surface area contributed by atoms with Crippen molar-refractivity contribution in [3.63, 3.8) is 0 Å². The summed E-state index contributed by atoms with van der Waals surface area (Å²) in [5.41, 5.74) is 8.43. The second-order valence-corrected chi connectivity index (χ2v) is 5.75. The number of hydrogen-bond acceptors (Lipinski definition) is 3. The molecule has 0 spiro atoms. The largest absolute Gasteiger partial charge is 0.373 e. The van der Waals surface area contributed by atoms with Crippen LogP contribution in [0.15, 0.2) is 24.3 Å². The Kier molecular flexibility index (Phi) is 4.03. The van der Waals surface area contributed by atoms with Crippen LogP contribution in [0.5, 0.6) is 0 Å². The molecule has 20 heavy (non-hydrogen) atoms. The van der Waals surface area contributed by atoms with Crippen LogP contribution in [-0.4, -0.2) is 36.5 Å². The van der Waals surface area contributed by atoms with E-state index in [0.717, 1.165) is 25.8 Å². The van der Waals surface area contributed by atoms with Gasteiger partial charge in [-0.1, -0.05) is 24.3 Å². The van der Waals surface area contributed by atoms with E-state index in [-0.39, 0.29) is 18.1 Å². The highest BCUT2D eigenvalue weighted by atomic mass is 16.5. The van der Waals surface area contributed by atoms with Crippen molar-refractivity contribution in [2.45, 2.75) is 37.8 Å². The highest BCUT2D eigenvalue weighted by Crippen LogP contribution is 2.30. The van der Waals surface area contributed by atoms with Crippen LogP contribution in [0.4, 0.5) is 0 Å². The molecule has 0 saturated carbocycles. The molecule has 0 bridgehead atoms. The van der Waals surface area contributed by atoms with Crippen molar-refractivity contribution >= 4 is 5.91 Å². The van der Waals surface area contributed by atoms with E-state index in [2.05, 4.69) is 12.1 Å². The lowest BCUT2D eigenvalue weighted by Gasteiger charge is -2.33. The molecule has 4 nitrogen and oxygen atoms in total. The number of ether oxygens (including phenoxy) is 1. The number of fused-ring (bicyclic) bond motifs is 1. The number of likely N-dealkylation sites (tertiary alicyclic amines) is 1. The minimum atomic E-state index is -0.0920. The van der Waals surface area contributed by atoms with Gasteiger partial charge >= 0.3 is 0 Å². The molecule has 1 saturated heterocycles. The molecule has 1 fully saturated rings. The van der Waals surface area contributed by atoms with Crippen LogP contribution in [0.2, 0.25) is 0 Å². The van der Waals surface area contributed by atoms with Crippen molar-refractivity contribution < 1.29 is 9.53 Å². The molecule has 0 aromatic heterocycles. The van der Waals surface area contributed by atoms with Crippen LogP contribution in [0.3, 0.4) is 0 Å². The van der Waals surface area contributed by atoms with Crippen LogP contribution in [0.25, 0.3) is 0 Å². The number of nitrogens with zero attached hydrogens (tertiary/aromatic N) is 1. The van der Waals surface area contributed by atoms with Gasteiger partial charge in [-0.15, -0.1) is 0 Å². The van der Waals surface area contributed by atoms with Crippen molar-refractivity contribution in [1.29, 1.82) is 0 Å². The molecular formula is C16H22N2O2. The Morgan fingerprint density at radius 2 is 2.25 bits per heavy atom. The van der Waals surface area contributed by atoms with E-state index in [1.54, 1.807) is 0 Å². The third kappa shape index (κ3) is 2.86. The van der Waals surface area contributed by atoms with Gasteiger partial charge in [-0.3, -0.25) is 4.79 Å². The molecule has 1 aromatic carbocycles. The summed E-state index contributed by atoms with van der Waals surface area (Å²) in [4.78, 5) is 14.3. The van der Waals surface area contributed by atoms with Gasteiger partial charge in [0.15, 0.2) is 0 Å². The van der Waals surface area contributed by atoms with Gasteiger partial charge in [0.2, 0.25) is 5.91 Å². The Morgan fingerprint density at radius 1 is 1.40 bits per heavy atom. The highest BCUT2D eigenvalue weighted by molar-refractivity contribution is 5.77. The van der Waals surface area contributed by atoms with Crippen LogP contribution in [-0.2, 0) is 16.0 Å². The SMILES string of the molecule is N[C@H]1CCCN(C(=O)C[C@H]2OCCc3ccccc32)C1. The van der Waals surface area contributed by atoms with Crippen molar-refractivity contribution in [3.8, 4) is 0 Å². The summed E-state index contributed by atoms with van der Waals surface area (Å²) in [6.45, 7) is 2.22. The molecule has 2 heterocycles. The van der Waals surface area contributed by atoms with Gasteiger partial charge in [0.1, 0.15) is 0 Å². The Morgan fingerprint density at radius 3 is 3.10 bits per heavy atom. The summed E-state index contributed by atoms with van der Waals surface area (Å²) in [7, 11) is 0. The molecular weight excluding hydrogens is 252 g/mol. The summed E-state index contributed by atoms with van der Waals surface area (Å²) < 4.78 is 5.81. The third-order valence-corrected chi connectivity index (χ3v) is 4.26.